The van der Waals surface area contributed by atoms with E-state index >= 15 is 0 Å². The van der Waals surface area contributed by atoms with Gasteiger partial charge in [0.05, 0.1) is 18.1 Å². The number of nitrogens with zero attached hydrogens (tertiary/aromatic N) is 3. The molecule has 138 valence electrons. The Morgan fingerprint density at radius 2 is 2.12 bits per heavy atom. The summed E-state index contributed by atoms with van der Waals surface area (Å²) in [5, 5.41) is 8.13. The van der Waals surface area contributed by atoms with Gasteiger partial charge in [0, 0.05) is 17.0 Å². The lowest BCUT2D eigenvalue weighted by molar-refractivity contribution is 0.0993. The SMILES string of the molecule is CCSc1nnc(S[C@H](C)C(=O)c2cc(C)n(Cc3ccco3)c2C)s1. The number of carbonyl (C=O) groups is 1. The molecule has 0 N–H and O–H groups in total. The molecule has 1 atom stereocenters. The van der Waals surface area contributed by atoms with Gasteiger partial charge in [0.25, 0.3) is 0 Å². The second-order valence-corrected chi connectivity index (χ2v) is 9.92. The van der Waals surface area contributed by atoms with Crippen molar-refractivity contribution in [3.05, 3.63) is 47.2 Å². The largest absolute Gasteiger partial charge is 0.467 e. The van der Waals surface area contributed by atoms with Gasteiger partial charge in [-0.1, -0.05) is 41.8 Å². The molecule has 0 unspecified atom stereocenters. The van der Waals surface area contributed by atoms with Gasteiger partial charge in [0.15, 0.2) is 14.5 Å². The van der Waals surface area contributed by atoms with Gasteiger partial charge in [-0.25, -0.2) is 0 Å². The first kappa shape index (κ1) is 19.3. The fourth-order valence-corrected chi connectivity index (χ4v) is 5.83. The van der Waals surface area contributed by atoms with Gasteiger partial charge >= 0.3 is 0 Å². The first-order valence-corrected chi connectivity index (χ1v) is 11.0. The Balaban J connectivity index is 1.74. The Hall–Kier alpha value is -1.51. The lowest BCUT2D eigenvalue weighted by Gasteiger charge is -2.10. The fraction of sp³-hybridized carbons (Fsp3) is 0.389. The minimum absolute atomic E-state index is 0.119. The number of furan rings is 1. The van der Waals surface area contributed by atoms with E-state index in [1.807, 2.05) is 39.0 Å². The normalized spacial score (nSPS) is 12.5. The predicted molar refractivity (Wildman–Crippen MR) is 108 cm³/mol. The highest BCUT2D eigenvalue weighted by atomic mass is 32.2. The van der Waals surface area contributed by atoms with Crippen molar-refractivity contribution in [1.29, 1.82) is 0 Å². The van der Waals surface area contributed by atoms with E-state index in [4.69, 9.17) is 4.42 Å². The standard InChI is InChI=1S/C18H21N3O2S3/c1-5-24-17-19-20-18(26-17)25-13(4)16(22)15-9-11(2)21(12(15)3)10-14-7-6-8-23-14/h6-9,13H,5,10H2,1-4H3/t13-/m1/s1. The van der Waals surface area contributed by atoms with Crippen LogP contribution < -0.4 is 0 Å². The van der Waals surface area contributed by atoms with Crippen LogP contribution in [0, 0.1) is 13.8 Å². The van der Waals surface area contributed by atoms with E-state index in [1.165, 1.54) is 11.8 Å². The van der Waals surface area contributed by atoms with E-state index in [1.54, 1.807) is 29.4 Å². The maximum absolute atomic E-state index is 13.0. The molecule has 0 aromatic carbocycles. The molecule has 0 aliphatic heterocycles. The summed E-state index contributed by atoms with van der Waals surface area (Å²) in [6.45, 7) is 8.65. The van der Waals surface area contributed by atoms with Crippen molar-refractivity contribution < 1.29 is 9.21 Å². The third kappa shape index (κ3) is 4.24. The summed E-state index contributed by atoms with van der Waals surface area (Å²) in [5.41, 5.74) is 2.79. The van der Waals surface area contributed by atoms with Crippen LogP contribution in [0.25, 0.3) is 0 Å². The molecule has 0 aliphatic carbocycles. The van der Waals surface area contributed by atoms with Crippen LogP contribution in [0.1, 0.15) is 41.4 Å². The van der Waals surface area contributed by atoms with Gasteiger partial charge < -0.3 is 8.98 Å². The smallest absolute Gasteiger partial charge is 0.177 e. The van der Waals surface area contributed by atoms with Crippen molar-refractivity contribution in [2.24, 2.45) is 0 Å². The van der Waals surface area contributed by atoms with Crippen LogP contribution in [0.15, 0.2) is 37.6 Å². The van der Waals surface area contributed by atoms with Crippen molar-refractivity contribution in [2.45, 2.75) is 48.2 Å². The average molecular weight is 408 g/mol. The van der Waals surface area contributed by atoms with Crippen molar-refractivity contribution in [3.8, 4) is 0 Å². The number of carbonyl (C=O) groups excluding carboxylic acids is 1. The minimum Gasteiger partial charge on any atom is -0.467 e. The summed E-state index contributed by atoms with van der Waals surface area (Å²) in [4.78, 5) is 13.0. The molecule has 26 heavy (non-hydrogen) atoms. The lowest BCUT2D eigenvalue weighted by Crippen LogP contribution is -2.14. The molecular weight excluding hydrogens is 386 g/mol. The van der Waals surface area contributed by atoms with E-state index in [0.29, 0.717) is 6.54 Å². The second kappa shape index (κ2) is 8.45. The zero-order chi connectivity index (χ0) is 18.7. The summed E-state index contributed by atoms with van der Waals surface area (Å²) >= 11 is 4.70. The van der Waals surface area contributed by atoms with Crippen LogP contribution in [-0.4, -0.2) is 31.6 Å². The van der Waals surface area contributed by atoms with Crippen LogP contribution in [0.3, 0.4) is 0 Å². The zero-order valence-corrected chi connectivity index (χ0v) is 17.6. The molecule has 8 heteroatoms. The highest BCUT2D eigenvalue weighted by Gasteiger charge is 2.23. The molecule has 0 saturated carbocycles. The minimum atomic E-state index is -0.208. The maximum atomic E-state index is 13.0. The molecule has 3 heterocycles. The lowest BCUT2D eigenvalue weighted by atomic mass is 10.1. The molecule has 0 aliphatic rings. The van der Waals surface area contributed by atoms with E-state index in [-0.39, 0.29) is 11.0 Å². The topological polar surface area (TPSA) is 60.9 Å². The number of thioether (sulfide) groups is 2. The van der Waals surface area contributed by atoms with Crippen molar-refractivity contribution in [1.82, 2.24) is 14.8 Å². The Morgan fingerprint density at radius 3 is 2.81 bits per heavy atom. The molecule has 0 spiro atoms. The second-order valence-electron chi connectivity index (χ2n) is 5.84. The van der Waals surface area contributed by atoms with Crippen LogP contribution in [0.4, 0.5) is 0 Å². The van der Waals surface area contributed by atoms with Gasteiger partial charge in [0.1, 0.15) is 5.76 Å². The van der Waals surface area contributed by atoms with Gasteiger partial charge in [-0.15, -0.1) is 10.2 Å². The number of rotatable bonds is 8. The van der Waals surface area contributed by atoms with E-state index in [9.17, 15) is 4.79 Å². The van der Waals surface area contributed by atoms with Crippen molar-refractivity contribution in [2.75, 3.05) is 5.75 Å². The van der Waals surface area contributed by atoms with Crippen LogP contribution in [0.5, 0.6) is 0 Å². The Kier molecular flexibility index (Phi) is 6.26. The summed E-state index contributed by atoms with van der Waals surface area (Å²) in [7, 11) is 0. The molecule has 0 bridgehead atoms. The van der Waals surface area contributed by atoms with Crippen molar-refractivity contribution in [3.63, 3.8) is 0 Å². The number of hydrogen-bond acceptors (Lipinski definition) is 7. The summed E-state index contributed by atoms with van der Waals surface area (Å²) in [6, 6.07) is 5.79. The molecule has 0 amide bonds. The number of Topliss-reactive ketones (excluding diaryl/α,β-unsaturated/α-hetero) is 1. The van der Waals surface area contributed by atoms with E-state index < -0.39 is 0 Å². The van der Waals surface area contributed by atoms with Crippen LogP contribution in [-0.2, 0) is 6.54 Å². The first-order valence-electron chi connectivity index (χ1n) is 8.35. The Bertz CT molecular complexity index is 884. The molecule has 3 rings (SSSR count). The first-order chi connectivity index (χ1) is 12.5. The fourth-order valence-electron chi connectivity index (χ4n) is 2.70. The van der Waals surface area contributed by atoms with E-state index in [2.05, 4.69) is 21.7 Å². The monoisotopic (exact) mass is 407 g/mol. The molecule has 3 aromatic heterocycles. The van der Waals surface area contributed by atoms with Crippen LogP contribution in [0.2, 0.25) is 0 Å². The third-order valence-corrected chi connectivity index (χ3v) is 7.16. The van der Waals surface area contributed by atoms with E-state index in [0.717, 1.165) is 37.1 Å². The molecule has 0 saturated heterocycles. The average Bonchev–Trinajstić information content (AvgIpc) is 3.33. The maximum Gasteiger partial charge on any atom is 0.177 e. The van der Waals surface area contributed by atoms with Gasteiger partial charge in [0.2, 0.25) is 0 Å². The molecule has 5 nitrogen and oxygen atoms in total. The van der Waals surface area contributed by atoms with Crippen molar-refractivity contribution >= 4 is 40.6 Å². The molecule has 3 aromatic rings. The number of aromatic nitrogens is 3. The van der Waals surface area contributed by atoms with Gasteiger partial charge in [-0.3, -0.25) is 4.79 Å². The van der Waals surface area contributed by atoms with Gasteiger partial charge in [-0.05, 0) is 44.7 Å². The molecule has 0 fully saturated rings. The summed E-state index contributed by atoms with van der Waals surface area (Å²) in [5.74, 6) is 1.96. The quantitative estimate of drug-likeness (QED) is 0.384. The Morgan fingerprint density at radius 1 is 1.35 bits per heavy atom. The number of ketones is 1. The number of aryl methyl sites for hydroxylation is 1. The summed E-state index contributed by atoms with van der Waals surface area (Å²) < 4.78 is 9.34. The predicted octanol–water partition coefficient (Wildman–Crippen LogP) is 5.07. The zero-order valence-electron chi connectivity index (χ0n) is 15.2. The number of hydrogen-bond donors (Lipinski definition) is 0. The Labute approximate surface area is 165 Å². The molecular formula is C18H21N3O2S3. The highest BCUT2D eigenvalue weighted by Crippen LogP contribution is 2.33. The van der Waals surface area contributed by atoms with Gasteiger partial charge in [-0.2, -0.15) is 0 Å². The third-order valence-electron chi connectivity index (χ3n) is 4.04. The summed E-state index contributed by atoms with van der Waals surface area (Å²) in [6.07, 6.45) is 1.67. The molecule has 0 radical (unpaired) electrons. The highest BCUT2D eigenvalue weighted by molar-refractivity contribution is 8.03. The van der Waals surface area contributed by atoms with Crippen LogP contribution >= 0.6 is 34.9 Å².